The molecule has 0 amide bonds. The molecule has 112 valence electrons. The largest absolute Gasteiger partial charge is 0.217 e. The zero-order chi connectivity index (χ0) is 14.7. The van der Waals surface area contributed by atoms with E-state index in [4.69, 9.17) is 0 Å². The lowest BCUT2D eigenvalue weighted by molar-refractivity contribution is 0.307. The van der Waals surface area contributed by atoms with E-state index in [1.165, 1.54) is 37.1 Å². The van der Waals surface area contributed by atoms with Crippen LogP contribution >= 0.6 is 11.8 Å². The van der Waals surface area contributed by atoms with Crippen LogP contribution in [-0.2, 0) is 5.75 Å². The van der Waals surface area contributed by atoms with Gasteiger partial charge in [-0.15, -0.1) is 5.10 Å². The summed E-state index contributed by atoms with van der Waals surface area (Å²) in [6, 6.07) is 4.54. The Morgan fingerprint density at radius 1 is 1.19 bits per heavy atom. The summed E-state index contributed by atoms with van der Waals surface area (Å²) in [4.78, 5) is 0. The third-order valence-electron chi connectivity index (χ3n) is 3.77. The minimum absolute atomic E-state index is 0.316. The molecule has 0 saturated heterocycles. The average molecular weight is 310 g/mol. The van der Waals surface area contributed by atoms with Gasteiger partial charge in [0.15, 0.2) is 11.6 Å². The Bertz CT molecular complexity index is 611. The van der Waals surface area contributed by atoms with Crippen LogP contribution in [-0.4, -0.2) is 20.2 Å². The molecule has 4 nitrogen and oxygen atoms in total. The lowest BCUT2D eigenvalue weighted by Crippen LogP contribution is -2.15. The first-order valence-electron chi connectivity index (χ1n) is 7.09. The van der Waals surface area contributed by atoms with Crippen molar-refractivity contribution in [2.75, 3.05) is 0 Å². The smallest absolute Gasteiger partial charge is 0.209 e. The highest BCUT2D eigenvalue weighted by Crippen LogP contribution is 2.31. The van der Waals surface area contributed by atoms with Crippen molar-refractivity contribution >= 4 is 11.8 Å². The molecule has 0 radical (unpaired) electrons. The molecule has 1 aliphatic carbocycles. The molecular formula is C14H16F2N4S. The monoisotopic (exact) mass is 310 g/mol. The molecule has 1 fully saturated rings. The molecule has 1 saturated carbocycles. The molecule has 7 heteroatoms. The number of tetrazole rings is 1. The van der Waals surface area contributed by atoms with Gasteiger partial charge in [-0.3, -0.25) is 0 Å². The topological polar surface area (TPSA) is 43.6 Å². The number of thioether (sulfide) groups is 1. The van der Waals surface area contributed by atoms with Crippen molar-refractivity contribution in [2.45, 2.75) is 49.1 Å². The second-order valence-corrected chi connectivity index (χ2v) is 6.14. The van der Waals surface area contributed by atoms with Crippen LogP contribution in [0.15, 0.2) is 23.4 Å². The van der Waals surface area contributed by atoms with Crippen LogP contribution in [0, 0.1) is 11.6 Å². The molecule has 0 spiro atoms. The van der Waals surface area contributed by atoms with Gasteiger partial charge in [0.2, 0.25) is 5.16 Å². The fourth-order valence-corrected chi connectivity index (χ4v) is 3.56. The quantitative estimate of drug-likeness (QED) is 0.807. The first-order chi connectivity index (χ1) is 10.3. The Kier molecular flexibility index (Phi) is 4.48. The van der Waals surface area contributed by atoms with E-state index in [9.17, 15) is 8.78 Å². The first-order valence-corrected chi connectivity index (χ1v) is 8.08. The summed E-state index contributed by atoms with van der Waals surface area (Å²) < 4.78 is 28.7. The van der Waals surface area contributed by atoms with Crippen molar-refractivity contribution in [3.8, 4) is 0 Å². The number of hydrogen-bond donors (Lipinski definition) is 0. The molecule has 0 atom stereocenters. The van der Waals surface area contributed by atoms with Gasteiger partial charge in [0.05, 0.1) is 6.04 Å². The van der Waals surface area contributed by atoms with Crippen molar-refractivity contribution in [2.24, 2.45) is 0 Å². The Morgan fingerprint density at radius 2 is 2.00 bits per heavy atom. The number of nitrogens with zero attached hydrogens (tertiary/aromatic N) is 4. The van der Waals surface area contributed by atoms with E-state index in [0.717, 1.165) is 18.9 Å². The van der Waals surface area contributed by atoms with Crippen LogP contribution in [0.25, 0.3) is 0 Å². The molecule has 21 heavy (non-hydrogen) atoms. The molecule has 0 N–H and O–H groups in total. The van der Waals surface area contributed by atoms with Gasteiger partial charge in [-0.1, -0.05) is 43.2 Å². The number of hydrogen-bond acceptors (Lipinski definition) is 4. The lowest BCUT2D eigenvalue weighted by Gasteiger charge is -2.21. The van der Waals surface area contributed by atoms with Crippen molar-refractivity contribution in [3.63, 3.8) is 0 Å². The van der Waals surface area contributed by atoms with E-state index in [-0.39, 0.29) is 0 Å². The standard InChI is InChI=1S/C14H16F2N4S/c15-12-8-4-5-10(13(12)16)9-21-14-17-18-19-20(14)11-6-2-1-3-7-11/h4-5,8,11H,1-3,6-7,9H2. The summed E-state index contributed by atoms with van der Waals surface area (Å²) >= 11 is 1.34. The molecule has 0 unspecified atom stereocenters. The Hall–Kier alpha value is -1.50. The lowest BCUT2D eigenvalue weighted by atomic mass is 9.96. The predicted octanol–water partition coefficient (Wildman–Crippen LogP) is 3.75. The third kappa shape index (κ3) is 3.23. The zero-order valence-electron chi connectivity index (χ0n) is 11.5. The number of rotatable bonds is 4. The summed E-state index contributed by atoms with van der Waals surface area (Å²) in [5.74, 6) is -1.29. The maximum Gasteiger partial charge on any atom is 0.209 e. The first kappa shape index (κ1) is 14.4. The van der Waals surface area contributed by atoms with Crippen LogP contribution in [0.3, 0.4) is 0 Å². The fourth-order valence-electron chi connectivity index (χ4n) is 2.64. The van der Waals surface area contributed by atoms with Gasteiger partial charge in [-0.05, 0) is 29.3 Å². The summed E-state index contributed by atoms with van der Waals surface area (Å²) in [5, 5.41) is 12.5. The van der Waals surface area contributed by atoms with Crippen LogP contribution in [0.1, 0.15) is 43.7 Å². The second-order valence-electron chi connectivity index (χ2n) is 5.20. The molecule has 2 aromatic rings. The number of aromatic nitrogens is 4. The Labute approximate surface area is 125 Å². The van der Waals surface area contributed by atoms with Gasteiger partial charge in [0.25, 0.3) is 0 Å². The maximum atomic E-state index is 13.6. The van der Waals surface area contributed by atoms with Gasteiger partial charge >= 0.3 is 0 Å². The van der Waals surface area contributed by atoms with Gasteiger partial charge in [-0.25, -0.2) is 13.5 Å². The highest BCUT2D eigenvalue weighted by atomic mass is 32.2. The maximum absolute atomic E-state index is 13.6. The van der Waals surface area contributed by atoms with E-state index in [1.54, 1.807) is 6.07 Å². The van der Waals surface area contributed by atoms with Crippen LogP contribution < -0.4 is 0 Å². The summed E-state index contributed by atoms with van der Waals surface area (Å²) in [5.41, 5.74) is 0.332. The molecule has 0 bridgehead atoms. The average Bonchev–Trinajstić information content (AvgIpc) is 2.98. The third-order valence-corrected chi connectivity index (χ3v) is 4.75. The van der Waals surface area contributed by atoms with Gasteiger partial charge in [0, 0.05) is 11.3 Å². The summed E-state index contributed by atoms with van der Waals surface area (Å²) in [7, 11) is 0. The van der Waals surface area contributed by atoms with Gasteiger partial charge in [-0.2, -0.15) is 0 Å². The molecule has 1 aliphatic rings. The SMILES string of the molecule is Fc1cccc(CSc2nnnn2C2CCCCC2)c1F. The molecule has 0 aliphatic heterocycles. The molecule has 1 aromatic carbocycles. The van der Waals surface area contributed by atoms with Crippen molar-refractivity contribution in [1.82, 2.24) is 20.2 Å². The van der Waals surface area contributed by atoms with E-state index in [1.807, 2.05) is 4.68 Å². The Morgan fingerprint density at radius 3 is 2.81 bits per heavy atom. The predicted molar refractivity (Wildman–Crippen MR) is 75.9 cm³/mol. The summed E-state index contributed by atoms with van der Waals surface area (Å²) in [6.45, 7) is 0. The van der Waals surface area contributed by atoms with Crippen LogP contribution in [0.5, 0.6) is 0 Å². The Balaban J connectivity index is 1.71. The van der Waals surface area contributed by atoms with E-state index >= 15 is 0 Å². The molecule has 1 aromatic heterocycles. The van der Waals surface area contributed by atoms with Crippen molar-refractivity contribution in [1.29, 1.82) is 0 Å². The van der Waals surface area contributed by atoms with E-state index in [2.05, 4.69) is 15.5 Å². The molecular weight excluding hydrogens is 294 g/mol. The van der Waals surface area contributed by atoms with Crippen molar-refractivity contribution in [3.05, 3.63) is 35.4 Å². The highest BCUT2D eigenvalue weighted by Gasteiger charge is 2.20. The van der Waals surface area contributed by atoms with Gasteiger partial charge in [0.1, 0.15) is 0 Å². The fraction of sp³-hybridized carbons (Fsp3) is 0.500. The zero-order valence-corrected chi connectivity index (χ0v) is 12.3. The minimum atomic E-state index is -0.819. The van der Waals surface area contributed by atoms with Crippen LogP contribution in [0.2, 0.25) is 0 Å². The number of halogens is 2. The molecule has 1 heterocycles. The van der Waals surface area contributed by atoms with Gasteiger partial charge < -0.3 is 0 Å². The minimum Gasteiger partial charge on any atom is -0.217 e. The van der Waals surface area contributed by atoms with Crippen LogP contribution in [0.4, 0.5) is 8.78 Å². The van der Waals surface area contributed by atoms with E-state index < -0.39 is 11.6 Å². The van der Waals surface area contributed by atoms with Crippen molar-refractivity contribution < 1.29 is 8.78 Å². The second kappa shape index (κ2) is 6.51. The molecule has 3 rings (SSSR count). The van der Waals surface area contributed by atoms with E-state index in [0.29, 0.717) is 22.5 Å². The highest BCUT2D eigenvalue weighted by molar-refractivity contribution is 7.98. The normalized spacial score (nSPS) is 16.3. The number of benzene rings is 1. The summed E-state index contributed by atoms with van der Waals surface area (Å²) in [6.07, 6.45) is 5.79.